The molecule has 0 fully saturated rings. The van der Waals surface area contributed by atoms with E-state index in [0.29, 0.717) is 28.8 Å². The summed E-state index contributed by atoms with van der Waals surface area (Å²) < 4.78 is 22.2. The number of nitrogens with one attached hydrogen (secondary N) is 1. The molecule has 0 aliphatic rings. The number of ether oxygens (including phenoxy) is 4. The number of rotatable bonds is 5. The van der Waals surface area contributed by atoms with E-state index in [4.69, 9.17) is 18.9 Å². The van der Waals surface area contributed by atoms with Crippen LogP contribution in [0.1, 0.15) is 0 Å². The lowest BCUT2D eigenvalue weighted by molar-refractivity contribution is 0.353. The van der Waals surface area contributed by atoms with E-state index in [1.165, 1.54) is 0 Å². The molecular formula is C17H17BrN2O4. The monoisotopic (exact) mass is 392 g/mol. The summed E-state index contributed by atoms with van der Waals surface area (Å²) >= 11 is 3.57. The van der Waals surface area contributed by atoms with Crippen LogP contribution in [0.4, 0.5) is 0 Å². The highest BCUT2D eigenvalue weighted by molar-refractivity contribution is 9.10. The van der Waals surface area contributed by atoms with Gasteiger partial charge < -0.3 is 23.9 Å². The van der Waals surface area contributed by atoms with E-state index in [0.717, 1.165) is 21.1 Å². The Labute approximate surface area is 147 Å². The highest BCUT2D eigenvalue weighted by atomic mass is 79.9. The van der Waals surface area contributed by atoms with E-state index < -0.39 is 0 Å². The molecule has 0 unspecified atom stereocenters. The number of imidazole rings is 1. The lowest BCUT2D eigenvalue weighted by Gasteiger charge is -2.11. The van der Waals surface area contributed by atoms with Crippen molar-refractivity contribution < 1.29 is 18.9 Å². The van der Waals surface area contributed by atoms with Crippen molar-refractivity contribution in [2.24, 2.45) is 0 Å². The molecule has 0 saturated carbocycles. The second kappa shape index (κ2) is 6.60. The second-order valence-corrected chi connectivity index (χ2v) is 5.77. The van der Waals surface area contributed by atoms with Crippen molar-refractivity contribution in [2.75, 3.05) is 28.4 Å². The maximum Gasteiger partial charge on any atom is 0.175 e. The van der Waals surface area contributed by atoms with Crippen LogP contribution < -0.4 is 18.9 Å². The Bertz CT molecular complexity index is 851. The SMILES string of the molecule is COc1cc2nc(-c3ccc(OC)c(OC)c3Br)[nH]c2cc1OC. The average molecular weight is 393 g/mol. The first-order valence-electron chi connectivity index (χ1n) is 7.15. The van der Waals surface area contributed by atoms with Crippen LogP contribution in [0.5, 0.6) is 23.0 Å². The molecule has 3 aromatic rings. The zero-order valence-electron chi connectivity index (χ0n) is 13.8. The van der Waals surface area contributed by atoms with Crippen molar-refractivity contribution in [3.8, 4) is 34.4 Å². The fraction of sp³-hybridized carbons (Fsp3) is 0.235. The molecule has 24 heavy (non-hydrogen) atoms. The van der Waals surface area contributed by atoms with Gasteiger partial charge in [-0.2, -0.15) is 0 Å². The van der Waals surface area contributed by atoms with Crippen LogP contribution in [0, 0.1) is 0 Å². The molecule has 3 rings (SSSR count). The molecule has 1 heterocycles. The normalized spacial score (nSPS) is 10.7. The third kappa shape index (κ3) is 2.65. The summed E-state index contributed by atoms with van der Waals surface area (Å²) in [5, 5.41) is 0. The number of methoxy groups -OCH3 is 4. The summed E-state index contributed by atoms with van der Waals surface area (Å²) in [5.41, 5.74) is 2.50. The minimum Gasteiger partial charge on any atom is -0.493 e. The van der Waals surface area contributed by atoms with E-state index in [2.05, 4.69) is 25.9 Å². The van der Waals surface area contributed by atoms with Crippen molar-refractivity contribution in [3.63, 3.8) is 0 Å². The number of halogens is 1. The quantitative estimate of drug-likeness (QED) is 0.709. The van der Waals surface area contributed by atoms with Crippen LogP contribution in [0.2, 0.25) is 0 Å². The van der Waals surface area contributed by atoms with Crippen molar-refractivity contribution in [1.29, 1.82) is 0 Å². The third-order valence-electron chi connectivity index (χ3n) is 3.73. The molecule has 0 spiro atoms. The Morgan fingerprint density at radius 1 is 0.875 bits per heavy atom. The molecule has 1 aromatic heterocycles. The van der Waals surface area contributed by atoms with Crippen molar-refractivity contribution in [3.05, 3.63) is 28.7 Å². The Morgan fingerprint density at radius 2 is 1.54 bits per heavy atom. The zero-order valence-corrected chi connectivity index (χ0v) is 15.4. The minimum atomic E-state index is 0.616. The number of benzene rings is 2. The predicted octanol–water partition coefficient (Wildman–Crippen LogP) is 4.03. The van der Waals surface area contributed by atoms with Gasteiger partial charge >= 0.3 is 0 Å². The molecular weight excluding hydrogens is 376 g/mol. The zero-order chi connectivity index (χ0) is 17.3. The summed E-state index contributed by atoms with van der Waals surface area (Å²) in [6.45, 7) is 0. The molecule has 0 aliphatic carbocycles. The van der Waals surface area contributed by atoms with Gasteiger partial charge in [0.25, 0.3) is 0 Å². The number of hydrogen-bond acceptors (Lipinski definition) is 5. The van der Waals surface area contributed by atoms with Gasteiger partial charge in [0.1, 0.15) is 5.82 Å². The number of nitrogens with zero attached hydrogens (tertiary/aromatic N) is 1. The van der Waals surface area contributed by atoms with Gasteiger partial charge in [0.2, 0.25) is 0 Å². The van der Waals surface area contributed by atoms with Crippen molar-refractivity contribution >= 4 is 27.0 Å². The van der Waals surface area contributed by atoms with Crippen LogP contribution >= 0.6 is 15.9 Å². The van der Waals surface area contributed by atoms with Crippen molar-refractivity contribution in [1.82, 2.24) is 9.97 Å². The van der Waals surface area contributed by atoms with Gasteiger partial charge in [-0.3, -0.25) is 0 Å². The highest BCUT2D eigenvalue weighted by Crippen LogP contribution is 2.42. The standard InChI is InChI=1S/C17H17BrN2O4/c1-21-12-6-5-9(15(18)16(12)24-4)17-19-10-7-13(22-2)14(23-3)8-11(10)20-17/h5-8H,1-4H3,(H,19,20). The largest absolute Gasteiger partial charge is 0.493 e. The number of fused-ring (bicyclic) bond motifs is 1. The first-order valence-corrected chi connectivity index (χ1v) is 7.94. The lowest BCUT2D eigenvalue weighted by Crippen LogP contribution is -1.93. The van der Waals surface area contributed by atoms with Crippen LogP contribution in [-0.2, 0) is 0 Å². The topological polar surface area (TPSA) is 65.6 Å². The van der Waals surface area contributed by atoms with Crippen LogP contribution in [-0.4, -0.2) is 38.4 Å². The highest BCUT2D eigenvalue weighted by Gasteiger charge is 2.17. The van der Waals surface area contributed by atoms with Gasteiger partial charge in [-0.1, -0.05) is 0 Å². The summed E-state index contributed by atoms with van der Waals surface area (Å²) in [7, 11) is 6.40. The van der Waals surface area contributed by atoms with E-state index in [1.54, 1.807) is 28.4 Å². The Morgan fingerprint density at radius 3 is 2.17 bits per heavy atom. The van der Waals surface area contributed by atoms with Gasteiger partial charge in [0, 0.05) is 17.7 Å². The van der Waals surface area contributed by atoms with Gasteiger partial charge in [0.15, 0.2) is 23.0 Å². The van der Waals surface area contributed by atoms with Gasteiger partial charge in [0.05, 0.1) is 43.9 Å². The number of aromatic amines is 1. The van der Waals surface area contributed by atoms with E-state index in [9.17, 15) is 0 Å². The molecule has 6 nitrogen and oxygen atoms in total. The maximum absolute atomic E-state index is 5.42. The molecule has 2 aromatic carbocycles. The molecule has 1 N–H and O–H groups in total. The van der Waals surface area contributed by atoms with Gasteiger partial charge in [-0.25, -0.2) is 4.98 Å². The van der Waals surface area contributed by atoms with Crippen LogP contribution in [0.15, 0.2) is 28.7 Å². The Kier molecular flexibility index (Phi) is 4.53. The molecule has 0 radical (unpaired) electrons. The molecule has 0 saturated heterocycles. The first kappa shape index (κ1) is 16.4. The number of aromatic nitrogens is 2. The third-order valence-corrected chi connectivity index (χ3v) is 4.51. The molecule has 7 heteroatoms. The lowest BCUT2D eigenvalue weighted by atomic mass is 10.2. The summed E-state index contributed by atoms with van der Waals surface area (Å²) in [4.78, 5) is 7.94. The fourth-order valence-electron chi connectivity index (χ4n) is 2.54. The molecule has 0 aliphatic heterocycles. The van der Waals surface area contributed by atoms with E-state index in [-0.39, 0.29) is 0 Å². The van der Waals surface area contributed by atoms with Crippen molar-refractivity contribution in [2.45, 2.75) is 0 Å². The molecule has 0 amide bonds. The number of hydrogen-bond donors (Lipinski definition) is 1. The molecule has 0 atom stereocenters. The fourth-order valence-corrected chi connectivity index (χ4v) is 3.21. The summed E-state index contributed by atoms with van der Waals surface area (Å²) in [6.07, 6.45) is 0. The summed E-state index contributed by atoms with van der Waals surface area (Å²) in [6, 6.07) is 7.45. The second-order valence-electron chi connectivity index (χ2n) is 4.97. The molecule has 0 bridgehead atoms. The average Bonchev–Trinajstić information content (AvgIpc) is 3.02. The minimum absolute atomic E-state index is 0.616. The Hall–Kier alpha value is -2.41. The smallest absolute Gasteiger partial charge is 0.175 e. The van der Waals surface area contributed by atoms with E-state index in [1.807, 2.05) is 24.3 Å². The Balaban J connectivity index is 2.16. The predicted molar refractivity (Wildman–Crippen MR) is 95.4 cm³/mol. The van der Waals surface area contributed by atoms with Crippen LogP contribution in [0.25, 0.3) is 22.4 Å². The van der Waals surface area contributed by atoms with Gasteiger partial charge in [-0.15, -0.1) is 0 Å². The summed E-state index contributed by atoms with van der Waals surface area (Å²) in [5.74, 6) is 3.24. The van der Waals surface area contributed by atoms with Gasteiger partial charge in [-0.05, 0) is 28.1 Å². The number of H-pyrrole nitrogens is 1. The first-order chi connectivity index (χ1) is 11.6. The maximum atomic E-state index is 5.42. The molecule has 126 valence electrons. The van der Waals surface area contributed by atoms with E-state index >= 15 is 0 Å². The van der Waals surface area contributed by atoms with Crippen LogP contribution in [0.3, 0.4) is 0 Å².